The molecule has 2 aromatic heterocycles. The molecule has 5 N–H and O–H groups in total. The van der Waals surface area contributed by atoms with Crippen LogP contribution in [0.1, 0.15) is 12.6 Å². The third kappa shape index (κ3) is 3.44. The molecule has 3 rings (SSSR count). The number of aliphatic hydroxyl groups is 1. The Morgan fingerprint density at radius 2 is 2.43 bits per heavy atom. The number of nitrogens with one attached hydrogen (secondary N) is 1. The average molecular weight is 361 g/mol. The van der Waals surface area contributed by atoms with Gasteiger partial charge >= 0.3 is 0 Å². The summed E-state index contributed by atoms with van der Waals surface area (Å²) < 4.78 is 12.4. The number of nitrogen functional groups attached to an aromatic ring is 1. The quantitative estimate of drug-likeness (QED) is 0.519. The monoisotopic (exact) mass is 361 g/mol. The fraction of sp³-hybridized carbons (Fsp3) is 0.545. The van der Waals surface area contributed by atoms with Crippen molar-refractivity contribution in [2.75, 3.05) is 19.0 Å². The highest BCUT2D eigenvalue weighted by Gasteiger charge is 2.36. The van der Waals surface area contributed by atoms with E-state index in [0.29, 0.717) is 0 Å². The average Bonchev–Trinajstić information content (AvgIpc) is 2.99. The van der Waals surface area contributed by atoms with E-state index in [1.165, 1.54) is 17.6 Å². The van der Waals surface area contributed by atoms with Crippen molar-refractivity contribution in [1.82, 2.24) is 19.5 Å². The first-order chi connectivity index (χ1) is 10.7. The molecule has 12 heteroatoms. The Bertz CT molecular complexity index is 832. The maximum atomic E-state index is 11.8. The maximum absolute atomic E-state index is 11.8. The van der Waals surface area contributed by atoms with Gasteiger partial charge in [-0.05, 0) is 11.8 Å². The van der Waals surface area contributed by atoms with E-state index in [9.17, 15) is 14.8 Å². The number of rotatable bonds is 4. The topological polar surface area (TPSA) is 149 Å². The third-order valence-corrected chi connectivity index (χ3v) is 4.39. The summed E-state index contributed by atoms with van der Waals surface area (Å²) in [6, 6.07) is 0. The lowest BCUT2D eigenvalue weighted by Crippen LogP contribution is -2.25. The number of hydrogen-bond acceptors (Lipinski definition) is 8. The first-order valence-electron chi connectivity index (χ1n) is 6.75. The summed E-state index contributed by atoms with van der Waals surface area (Å²) in [6.45, 7) is -1.43. The van der Waals surface area contributed by atoms with Gasteiger partial charge in [0.25, 0.3) is 5.56 Å². The zero-order chi connectivity index (χ0) is 16.8. The minimum atomic E-state index is -2.83. The molecule has 0 aromatic carbocycles. The molecular formula is C11H16N5O5PS. The van der Waals surface area contributed by atoms with Crippen LogP contribution in [0.3, 0.4) is 0 Å². The first kappa shape index (κ1) is 16.5. The van der Waals surface area contributed by atoms with Crippen LogP contribution in [-0.2, 0) is 21.1 Å². The lowest BCUT2D eigenvalue weighted by molar-refractivity contribution is -0.0378. The summed E-state index contributed by atoms with van der Waals surface area (Å²) in [7, 11) is 0. The summed E-state index contributed by atoms with van der Waals surface area (Å²) in [4.78, 5) is 31.7. The summed E-state index contributed by atoms with van der Waals surface area (Å²) >= 11 is 4.79. The molecule has 126 valence electrons. The standard InChI is InChI=1S/C11H16N5O5PS/c1-22(19,23)20-3-6-5(17)2-7(21-6)16-4-13-8-9(16)14-11(12)15-10(8)18/h4-7,17H,2-3H2,1H3,(H,19,23)(H3,12,14,15,18)/t5-,6+,7+,22?/m0/s1. The number of aliphatic hydroxyl groups excluding tert-OH is 1. The smallest absolute Gasteiger partial charge is 0.280 e. The van der Waals surface area contributed by atoms with Crippen LogP contribution >= 0.6 is 6.49 Å². The zero-order valence-corrected chi connectivity index (χ0v) is 13.8. The number of fused-ring (bicyclic) bond motifs is 1. The Labute approximate surface area is 135 Å². The minimum Gasteiger partial charge on any atom is -0.390 e. The molecule has 1 aliphatic heterocycles. The van der Waals surface area contributed by atoms with Gasteiger partial charge in [-0.2, -0.15) is 4.98 Å². The van der Waals surface area contributed by atoms with E-state index >= 15 is 0 Å². The molecule has 0 spiro atoms. The van der Waals surface area contributed by atoms with Gasteiger partial charge in [0.05, 0.1) is 19.0 Å². The Morgan fingerprint density at radius 3 is 3.13 bits per heavy atom. The molecule has 0 radical (unpaired) electrons. The first-order valence-corrected chi connectivity index (χ1v) is 9.87. The molecule has 4 atom stereocenters. The predicted molar refractivity (Wildman–Crippen MR) is 85.5 cm³/mol. The number of aromatic amines is 1. The maximum Gasteiger partial charge on any atom is 0.280 e. The van der Waals surface area contributed by atoms with E-state index in [1.54, 1.807) is 0 Å². The molecule has 3 heterocycles. The van der Waals surface area contributed by atoms with E-state index in [1.807, 2.05) is 0 Å². The fourth-order valence-electron chi connectivity index (χ4n) is 2.40. The number of hydrogen-bond donors (Lipinski definition) is 4. The highest BCUT2D eigenvalue weighted by Crippen LogP contribution is 2.39. The van der Waals surface area contributed by atoms with E-state index in [-0.39, 0.29) is 30.1 Å². The number of ether oxygens (including phenoxy) is 1. The highest BCUT2D eigenvalue weighted by atomic mass is 32.5. The normalized spacial score (nSPS) is 27.3. The number of anilines is 1. The predicted octanol–water partition coefficient (Wildman–Crippen LogP) is -0.702. The molecule has 0 saturated carbocycles. The van der Waals surface area contributed by atoms with Gasteiger partial charge in [-0.15, -0.1) is 0 Å². The second-order valence-corrected chi connectivity index (χ2v) is 9.20. The van der Waals surface area contributed by atoms with Crippen LogP contribution < -0.4 is 11.3 Å². The van der Waals surface area contributed by atoms with Crippen molar-refractivity contribution in [3.63, 3.8) is 0 Å². The van der Waals surface area contributed by atoms with Gasteiger partial charge in [0.15, 0.2) is 17.7 Å². The van der Waals surface area contributed by atoms with E-state index in [0.717, 1.165) is 0 Å². The third-order valence-electron chi connectivity index (χ3n) is 3.44. The van der Waals surface area contributed by atoms with Crippen molar-refractivity contribution in [2.24, 2.45) is 0 Å². The van der Waals surface area contributed by atoms with Crippen molar-refractivity contribution in [3.05, 3.63) is 16.7 Å². The van der Waals surface area contributed by atoms with Crippen LogP contribution in [0.15, 0.2) is 11.1 Å². The number of aromatic nitrogens is 4. The second kappa shape index (κ2) is 5.93. The Hall–Kier alpha value is -1.36. The number of H-pyrrole nitrogens is 1. The van der Waals surface area contributed by atoms with Gasteiger partial charge in [-0.1, -0.05) is 0 Å². The molecular weight excluding hydrogens is 345 g/mol. The molecule has 1 unspecified atom stereocenters. The van der Waals surface area contributed by atoms with Crippen molar-refractivity contribution in [2.45, 2.75) is 24.9 Å². The molecule has 0 aliphatic carbocycles. The van der Waals surface area contributed by atoms with Crippen LogP contribution in [0, 0.1) is 0 Å². The molecule has 2 aromatic rings. The summed E-state index contributed by atoms with van der Waals surface area (Å²) in [6.07, 6.45) is -0.370. The lowest BCUT2D eigenvalue weighted by Gasteiger charge is -2.18. The van der Waals surface area contributed by atoms with Crippen molar-refractivity contribution in [3.8, 4) is 0 Å². The molecule has 0 amide bonds. The largest absolute Gasteiger partial charge is 0.390 e. The van der Waals surface area contributed by atoms with Crippen LogP contribution in [0.2, 0.25) is 0 Å². The summed E-state index contributed by atoms with van der Waals surface area (Å²) in [5.74, 6) is -0.0327. The van der Waals surface area contributed by atoms with Crippen molar-refractivity contribution >= 4 is 35.4 Å². The summed E-state index contributed by atoms with van der Waals surface area (Å²) in [5, 5.41) is 10.1. The molecule has 0 bridgehead atoms. The SMILES string of the molecule is CP(O)(=S)OC[C@H]1O[C@@H](n2cnc3c(=O)[nH]c(N)nc32)C[C@@H]1O. The Balaban J connectivity index is 1.84. The molecule has 23 heavy (non-hydrogen) atoms. The van der Waals surface area contributed by atoms with Gasteiger partial charge in [-0.3, -0.25) is 14.3 Å². The van der Waals surface area contributed by atoms with Gasteiger partial charge in [0.2, 0.25) is 5.95 Å². The van der Waals surface area contributed by atoms with Crippen LogP contribution in [0.5, 0.6) is 0 Å². The van der Waals surface area contributed by atoms with Gasteiger partial charge in [-0.25, -0.2) is 4.98 Å². The number of nitrogens with two attached hydrogens (primary N) is 1. The highest BCUT2D eigenvalue weighted by molar-refractivity contribution is 8.09. The minimum absolute atomic E-state index is 0.0231. The van der Waals surface area contributed by atoms with E-state index in [2.05, 4.69) is 15.0 Å². The lowest BCUT2D eigenvalue weighted by atomic mass is 10.2. The number of nitrogens with zero attached hydrogens (tertiary/aromatic N) is 3. The van der Waals surface area contributed by atoms with Crippen LogP contribution in [0.4, 0.5) is 5.95 Å². The second-order valence-electron chi connectivity index (χ2n) is 5.31. The molecule has 1 saturated heterocycles. The van der Waals surface area contributed by atoms with Gasteiger partial charge in [0.1, 0.15) is 12.3 Å². The Kier molecular flexibility index (Phi) is 4.25. The molecule has 10 nitrogen and oxygen atoms in total. The van der Waals surface area contributed by atoms with Gasteiger partial charge in [0, 0.05) is 13.1 Å². The van der Waals surface area contributed by atoms with Crippen LogP contribution in [0.25, 0.3) is 11.2 Å². The fourth-order valence-corrected chi connectivity index (χ4v) is 3.01. The number of imidazole rings is 1. The van der Waals surface area contributed by atoms with Gasteiger partial charge < -0.3 is 25.0 Å². The Morgan fingerprint density at radius 1 is 1.70 bits per heavy atom. The van der Waals surface area contributed by atoms with E-state index < -0.39 is 30.5 Å². The van der Waals surface area contributed by atoms with Crippen molar-refractivity contribution in [1.29, 1.82) is 0 Å². The zero-order valence-electron chi connectivity index (χ0n) is 12.1. The van der Waals surface area contributed by atoms with E-state index in [4.69, 9.17) is 26.8 Å². The van der Waals surface area contributed by atoms with Crippen molar-refractivity contribution < 1.29 is 19.3 Å². The van der Waals surface area contributed by atoms with Crippen LogP contribution in [-0.4, -0.2) is 55.0 Å². The summed E-state index contributed by atoms with van der Waals surface area (Å²) in [5.41, 5.74) is 5.51. The molecule has 1 fully saturated rings. The molecule has 1 aliphatic rings.